The van der Waals surface area contributed by atoms with Crippen LogP contribution < -0.4 is 4.74 Å². The van der Waals surface area contributed by atoms with Crippen molar-refractivity contribution >= 4 is 18.4 Å². The van der Waals surface area contributed by atoms with Gasteiger partial charge in [0.2, 0.25) is 4.77 Å². The monoisotopic (exact) mass is 320 g/mol. The first-order valence-corrected chi connectivity index (χ1v) is 5.91. The van der Waals surface area contributed by atoms with E-state index in [1.54, 1.807) is 0 Å². The van der Waals surface area contributed by atoms with E-state index in [4.69, 9.17) is 12.2 Å². The molecule has 0 bridgehead atoms. The topological polar surface area (TPSA) is 55.2 Å². The summed E-state index contributed by atoms with van der Waals surface area (Å²) in [5, 5.41) is 10.0. The van der Waals surface area contributed by atoms with Crippen molar-refractivity contribution in [2.45, 2.75) is 12.5 Å². The van der Waals surface area contributed by atoms with Gasteiger partial charge in [-0.05, 0) is 29.9 Å². The minimum Gasteiger partial charge on any atom is -0.428 e. The van der Waals surface area contributed by atoms with Gasteiger partial charge in [-0.1, -0.05) is 12.1 Å². The number of nitrogens with one attached hydrogen (secondary N) is 1. The summed E-state index contributed by atoms with van der Waals surface area (Å²) in [7, 11) is 0. The molecule has 0 aliphatic rings. The SMILES string of the molecule is FC(F)C(F)(F)Oc1cccc(/C=N/n2cn[nH]c2=S)c1. The molecule has 0 amide bonds. The van der Waals surface area contributed by atoms with E-state index in [9.17, 15) is 17.6 Å². The standard InChI is InChI=1S/C11H8F4N4OS/c12-9(13)11(14,15)20-8-3-1-2-7(4-8)5-17-19-6-16-18-10(19)21/h1-6,9H,(H,18,21)/b17-5+. The van der Waals surface area contributed by atoms with Crippen LogP contribution in [0.5, 0.6) is 5.75 Å². The van der Waals surface area contributed by atoms with E-state index in [-0.39, 0.29) is 4.77 Å². The molecular formula is C11H8F4N4OS. The normalized spacial score (nSPS) is 12.2. The summed E-state index contributed by atoms with van der Waals surface area (Å²) in [5.74, 6) is -0.403. The number of hydrogen-bond acceptors (Lipinski definition) is 4. The van der Waals surface area contributed by atoms with Crippen LogP contribution in [0, 0.1) is 4.77 Å². The van der Waals surface area contributed by atoms with Crippen molar-refractivity contribution in [1.82, 2.24) is 14.9 Å². The predicted molar refractivity (Wildman–Crippen MR) is 68.4 cm³/mol. The Morgan fingerprint density at radius 1 is 1.43 bits per heavy atom. The zero-order valence-electron chi connectivity index (χ0n) is 10.2. The number of aromatic nitrogens is 3. The van der Waals surface area contributed by atoms with Crippen molar-refractivity contribution in [3.8, 4) is 5.75 Å². The zero-order chi connectivity index (χ0) is 15.5. The average molecular weight is 320 g/mol. The molecule has 112 valence electrons. The summed E-state index contributed by atoms with van der Waals surface area (Å²) in [4.78, 5) is 0. The Balaban J connectivity index is 2.17. The first-order valence-electron chi connectivity index (χ1n) is 5.50. The maximum Gasteiger partial charge on any atom is 0.461 e. The van der Waals surface area contributed by atoms with Gasteiger partial charge in [-0.15, -0.1) is 0 Å². The maximum absolute atomic E-state index is 12.8. The number of alkyl halides is 4. The second-order valence-electron chi connectivity index (χ2n) is 3.79. The highest BCUT2D eigenvalue weighted by molar-refractivity contribution is 7.71. The van der Waals surface area contributed by atoms with Gasteiger partial charge in [-0.25, -0.2) is 0 Å². The average Bonchev–Trinajstić information content (AvgIpc) is 2.82. The highest BCUT2D eigenvalue weighted by Gasteiger charge is 2.43. The van der Waals surface area contributed by atoms with Crippen molar-refractivity contribution < 1.29 is 22.3 Å². The lowest BCUT2D eigenvalue weighted by Gasteiger charge is -2.16. The number of halogens is 4. The van der Waals surface area contributed by atoms with E-state index >= 15 is 0 Å². The van der Waals surface area contributed by atoms with Gasteiger partial charge < -0.3 is 4.74 Å². The fourth-order valence-corrected chi connectivity index (χ4v) is 1.46. The van der Waals surface area contributed by atoms with Crippen molar-refractivity contribution in [2.75, 3.05) is 0 Å². The molecule has 0 atom stereocenters. The molecule has 0 unspecified atom stereocenters. The molecule has 1 N–H and O–H groups in total. The summed E-state index contributed by atoms with van der Waals surface area (Å²) >= 11 is 4.85. The van der Waals surface area contributed by atoms with Gasteiger partial charge in [0.25, 0.3) is 0 Å². The number of hydrogen-bond donors (Lipinski definition) is 1. The molecule has 5 nitrogen and oxygen atoms in total. The number of aromatic amines is 1. The molecule has 1 aromatic heterocycles. The number of ether oxygens (including phenoxy) is 1. The zero-order valence-corrected chi connectivity index (χ0v) is 11.0. The number of nitrogens with zero attached hydrogens (tertiary/aromatic N) is 3. The van der Waals surface area contributed by atoms with Crippen LogP contribution in [-0.4, -0.2) is 33.6 Å². The Morgan fingerprint density at radius 2 is 2.19 bits per heavy atom. The number of H-pyrrole nitrogens is 1. The smallest absolute Gasteiger partial charge is 0.428 e. The molecule has 10 heteroatoms. The van der Waals surface area contributed by atoms with Crippen LogP contribution in [0.15, 0.2) is 35.7 Å². The Labute approximate surface area is 120 Å². The van der Waals surface area contributed by atoms with Gasteiger partial charge >= 0.3 is 12.5 Å². The van der Waals surface area contributed by atoms with Crippen molar-refractivity contribution in [2.24, 2.45) is 5.10 Å². The lowest BCUT2D eigenvalue weighted by molar-refractivity contribution is -0.253. The number of rotatable bonds is 5. The van der Waals surface area contributed by atoms with E-state index in [1.165, 1.54) is 29.4 Å². The van der Waals surface area contributed by atoms with Gasteiger partial charge in [-0.3, -0.25) is 5.10 Å². The molecule has 0 aliphatic carbocycles. The van der Waals surface area contributed by atoms with E-state index in [0.29, 0.717) is 5.56 Å². The van der Waals surface area contributed by atoms with Crippen LogP contribution in [0.4, 0.5) is 17.6 Å². The molecule has 0 saturated carbocycles. The van der Waals surface area contributed by atoms with Gasteiger partial charge in [0.05, 0.1) is 6.21 Å². The third-order valence-electron chi connectivity index (χ3n) is 2.23. The molecule has 0 saturated heterocycles. The van der Waals surface area contributed by atoms with Crippen LogP contribution >= 0.6 is 12.2 Å². The molecule has 2 aromatic rings. The lowest BCUT2D eigenvalue weighted by atomic mass is 10.2. The number of benzene rings is 1. The lowest BCUT2D eigenvalue weighted by Crippen LogP contribution is -2.33. The van der Waals surface area contributed by atoms with Crippen molar-refractivity contribution in [3.63, 3.8) is 0 Å². The first-order chi connectivity index (χ1) is 9.88. The highest BCUT2D eigenvalue weighted by atomic mass is 32.1. The third kappa shape index (κ3) is 3.88. The Bertz CT molecular complexity index is 697. The summed E-state index contributed by atoms with van der Waals surface area (Å²) in [5.41, 5.74) is 0.362. The molecule has 0 aliphatic heterocycles. The van der Waals surface area contributed by atoms with Crippen LogP contribution in [-0.2, 0) is 0 Å². The van der Waals surface area contributed by atoms with Gasteiger partial charge in [0.15, 0.2) is 0 Å². The molecule has 0 spiro atoms. The van der Waals surface area contributed by atoms with Gasteiger partial charge in [0, 0.05) is 0 Å². The van der Waals surface area contributed by atoms with Crippen LogP contribution in [0.1, 0.15) is 5.56 Å². The van der Waals surface area contributed by atoms with Crippen LogP contribution in [0.2, 0.25) is 0 Å². The van der Waals surface area contributed by atoms with E-state index in [2.05, 4.69) is 20.0 Å². The molecule has 1 aromatic carbocycles. The van der Waals surface area contributed by atoms with Crippen molar-refractivity contribution in [3.05, 3.63) is 40.9 Å². The highest BCUT2D eigenvalue weighted by Crippen LogP contribution is 2.27. The van der Waals surface area contributed by atoms with Crippen LogP contribution in [0.25, 0.3) is 0 Å². The van der Waals surface area contributed by atoms with Gasteiger partial charge in [-0.2, -0.15) is 32.4 Å². The second kappa shape index (κ2) is 6.04. The summed E-state index contributed by atoms with van der Waals surface area (Å²) in [6, 6.07) is 5.17. The molecule has 2 rings (SSSR count). The molecule has 0 fully saturated rings. The van der Waals surface area contributed by atoms with E-state index in [0.717, 1.165) is 12.1 Å². The predicted octanol–water partition coefficient (Wildman–Crippen LogP) is 3.06. The minimum atomic E-state index is -4.55. The largest absolute Gasteiger partial charge is 0.461 e. The molecule has 21 heavy (non-hydrogen) atoms. The minimum absolute atomic E-state index is 0.239. The van der Waals surface area contributed by atoms with Gasteiger partial charge in [0.1, 0.15) is 12.1 Å². The maximum atomic E-state index is 12.8. The Hall–Kier alpha value is -2.23. The van der Waals surface area contributed by atoms with E-state index in [1.807, 2.05) is 0 Å². The fourth-order valence-electron chi connectivity index (χ4n) is 1.31. The van der Waals surface area contributed by atoms with Crippen molar-refractivity contribution in [1.29, 1.82) is 0 Å². The Kier molecular flexibility index (Phi) is 4.36. The molecular weight excluding hydrogens is 312 g/mol. The summed E-state index contributed by atoms with van der Waals surface area (Å²) in [6.07, 6.45) is -5.87. The fraction of sp³-hybridized carbons (Fsp3) is 0.182. The third-order valence-corrected chi connectivity index (χ3v) is 2.51. The second-order valence-corrected chi connectivity index (χ2v) is 4.17. The van der Waals surface area contributed by atoms with Crippen LogP contribution in [0.3, 0.4) is 0 Å². The molecule has 0 radical (unpaired) electrons. The summed E-state index contributed by atoms with van der Waals surface area (Å²) < 4.78 is 55.1. The molecule has 1 heterocycles. The Morgan fingerprint density at radius 3 is 2.81 bits per heavy atom. The quantitative estimate of drug-likeness (QED) is 0.523. The first kappa shape index (κ1) is 15.2. The van der Waals surface area contributed by atoms with E-state index < -0.39 is 18.3 Å². The summed E-state index contributed by atoms with van der Waals surface area (Å²) in [6.45, 7) is 0.